The van der Waals surface area contributed by atoms with Crippen molar-refractivity contribution in [3.05, 3.63) is 48.2 Å². The van der Waals surface area contributed by atoms with Crippen molar-refractivity contribution in [2.75, 3.05) is 5.32 Å². The molecule has 0 radical (unpaired) electrons. The maximum absolute atomic E-state index is 12.2. The molecule has 0 aliphatic heterocycles. The van der Waals surface area contributed by atoms with Crippen LogP contribution in [0.4, 0.5) is 5.69 Å². The van der Waals surface area contributed by atoms with E-state index in [1.807, 2.05) is 51.1 Å². The van der Waals surface area contributed by atoms with Crippen molar-refractivity contribution < 1.29 is 9.32 Å². The average molecular weight is 338 g/mol. The van der Waals surface area contributed by atoms with E-state index in [-0.39, 0.29) is 11.3 Å². The lowest BCUT2D eigenvalue weighted by atomic mass is 9.96. The van der Waals surface area contributed by atoms with Gasteiger partial charge in [-0.15, -0.1) is 0 Å². The summed E-state index contributed by atoms with van der Waals surface area (Å²) < 4.78 is 5.25. The van der Waals surface area contributed by atoms with Crippen molar-refractivity contribution in [1.82, 2.24) is 15.1 Å². The van der Waals surface area contributed by atoms with Crippen LogP contribution in [0.1, 0.15) is 45.3 Å². The van der Waals surface area contributed by atoms with E-state index in [2.05, 4.69) is 20.4 Å². The van der Waals surface area contributed by atoms with E-state index < -0.39 is 0 Å². The highest BCUT2D eigenvalue weighted by Gasteiger charge is 2.20. The molecule has 0 saturated carbocycles. The van der Waals surface area contributed by atoms with Gasteiger partial charge in [-0.25, -0.2) is 0 Å². The largest absolute Gasteiger partial charge is 0.339 e. The van der Waals surface area contributed by atoms with E-state index in [9.17, 15) is 4.79 Å². The van der Waals surface area contributed by atoms with Crippen molar-refractivity contribution in [2.24, 2.45) is 0 Å². The smallest absolute Gasteiger partial charge is 0.226 e. The molecule has 6 nitrogen and oxygen atoms in total. The summed E-state index contributed by atoms with van der Waals surface area (Å²) in [7, 11) is 0. The van der Waals surface area contributed by atoms with Gasteiger partial charge in [0.05, 0.1) is 11.2 Å². The SMILES string of the molecule is CC(C)(C)c1noc(CCCC(=O)Nc2cccc3ncccc23)n1. The second kappa shape index (κ2) is 7.01. The lowest BCUT2D eigenvalue weighted by Crippen LogP contribution is -2.13. The van der Waals surface area contributed by atoms with Crippen LogP contribution in [0, 0.1) is 0 Å². The van der Waals surface area contributed by atoms with Crippen LogP contribution >= 0.6 is 0 Å². The summed E-state index contributed by atoms with van der Waals surface area (Å²) in [5.41, 5.74) is 1.51. The Hall–Kier alpha value is -2.76. The number of nitrogens with zero attached hydrogens (tertiary/aromatic N) is 3. The minimum absolute atomic E-state index is 0.0353. The van der Waals surface area contributed by atoms with Crippen LogP contribution in [0.3, 0.4) is 0 Å². The highest BCUT2D eigenvalue weighted by Crippen LogP contribution is 2.22. The molecule has 3 rings (SSSR count). The number of anilines is 1. The lowest BCUT2D eigenvalue weighted by Gasteiger charge is -2.10. The molecule has 0 atom stereocenters. The molecule has 1 amide bonds. The number of pyridine rings is 1. The Morgan fingerprint density at radius 3 is 2.80 bits per heavy atom. The Labute approximate surface area is 146 Å². The molecule has 0 bridgehead atoms. The summed E-state index contributed by atoms with van der Waals surface area (Å²) in [4.78, 5) is 20.9. The third-order valence-corrected chi connectivity index (χ3v) is 3.85. The minimum atomic E-state index is -0.137. The van der Waals surface area contributed by atoms with Gasteiger partial charge in [0.15, 0.2) is 5.82 Å². The summed E-state index contributed by atoms with van der Waals surface area (Å²) in [5.74, 6) is 1.23. The first-order valence-electron chi connectivity index (χ1n) is 8.40. The van der Waals surface area contributed by atoms with Gasteiger partial charge in [-0.3, -0.25) is 9.78 Å². The van der Waals surface area contributed by atoms with Gasteiger partial charge in [0, 0.05) is 29.8 Å². The molecule has 2 heterocycles. The fourth-order valence-corrected chi connectivity index (χ4v) is 2.49. The molecule has 130 valence electrons. The molecule has 0 unspecified atom stereocenters. The number of hydrogen-bond donors (Lipinski definition) is 1. The number of amides is 1. The number of hydrogen-bond acceptors (Lipinski definition) is 5. The van der Waals surface area contributed by atoms with Gasteiger partial charge in [-0.05, 0) is 30.7 Å². The molecule has 0 fully saturated rings. The Kier molecular flexibility index (Phi) is 4.79. The summed E-state index contributed by atoms with van der Waals surface area (Å²) >= 11 is 0. The third kappa shape index (κ3) is 4.21. The zero-order valence-electron chi connectivity index (χ0n) is 14.7. The van der Waals surface area contributed by atoms with Gasteiger partial charge in [0.1, 0.15) is 0 Å². The topological polar surface area (TPSA) is 80.9 Å². The molecule has 0 saturated heterocycles. The lowest BCUT2D eigenvalue weighted by molar-refractivity contribution is -0.116. The first-order chi connectivity index (χ1) is 11.9. The second-order valence-electron chi connectivity index (χ2n) is 7.04. The van der Waals surface area contributed by atoms with Crippen LogP contribution in [-0.2, 0) is 16.6 Å². The molecule has 0 aliphatic carbocycles. The van der Waals surface area contributed by atoms with Crippen LogP contribution in [-0.4, -0.2) is 21.0 Å². The monoisotopic (exact) mass is 338 g/mol. The number of aryl methyl sites for hydroxylation is 1. The van der Waals surface area contributed by atoms with Crippen LogP contribution in [0.15, 0.2) is 41.1 Å². The molecule has 1 aromatic carbocycles. The molecular weight excluding hydrogens is 316 g/mol. The molecule has 0 spiro atoms. The number of rotatable bonds is 5. The molecule has 3 aromatic rings. The average Bonchev–Trinajstić information content (AvgIpc) is 3.04. The quantitative estimate of drug-likeness (QED) is 0.763. The van der Waals surface area contributed by atoms with E-state index in [1.54, 1.807) is 6.20 Å². The predicted octanol–water partition coefficient (Wildman–Crippen LogP) is 3.88. The molecule has 6 heteroatoms. The number of benzene rings is 1. The van der Waals surface area contributed by atoms with E-state index >= 15 is 0 Å². The first-order valence-corrected chi connectivity index (χ1v) is 8.40. The molecule has 2 aromatic heterocycles. The van der Waals surface area contributed by atoms with Gasteiger partial charge in [0.25, 0.3) is 0 Å². The van der Waals surface area contributed by atoms with Gasteiger partial charge in [0.2, 0.25) is 11.8 Å². The number of aromatic nitrogens is 3. The molecule has 0 aliphatic rings. The van der Waals surface area contributed by atoms with Crippen LogP contribution in [0.5, 0.6) is 0 Å². The maximum atomic E-state index is 12.2. The Balaban J connectivity index is 1.55. The van der Waals surface area contributed by atoms with Gasteiger partial charge in [-0.1, -0.05) is 32.0 Å². The zero-order valence-corrected chi connectivity index (χ0v) is 14.7. The fourth-order valence-electron chi connectivity index (χ4n) is 2.49. The maximum Gasteiger partial charge on any atom is 0.226 e. The Morgan fingerprint density at radius 2 is 2.04 bits per heavy atom. The number of fused-ring (bicyclic) bond motifs is 1. The Bertz CT molecular complexity index is 875. The second-order valence-corrected chi connectivity index (χ2v) is 7.04. The highest BCUT2D eigenvalue weighted by atomic mass is 16.5. The van der Waals surface area contributed by atoms with Crippen molar-refractivity contribution >= 4 is 22.5 Å². The van der Waals surface area contributed by atoms with Crippen LogP contribution < -0.4 is 5.32 Å². The summed E-state index contributed by atoms with van der Waals surface area (Å²) in [6, 6.07) is 9.51. The van der Waals surface area contributed by atoms with E-state index in [0.29, 0.717) is 31.0 Å². The number of carbonyl (C=O) groups excluding carboxylic acids is 1. The van der Waals surface area contributed by atoms with Gasteiger partial charge < -0.3 is 9.84 Å². The van der Waals surface area contributed by atoms with Gasteiger partial charge >= 0.3 is 0 Å². The summed E-state index contributed by atoms with van der Waals surface area (Å²) in [6.07, 6.45) is 3.38. The normalized spacial score (nSPS) is 11.6. The number of carbonyl (C=O) groups is 1. The van der Waals surface area contributed by atoms with Crippen molar-refractivity contribution in [2.45, 2.75) is 45.4 Å². The van der Waals surface area contributed by atoms with Crippen molar-refractivity contribution in [3.63, 3.8) is 0 Å². The van der Waals surface area contributed by atoms with Crippen molar-refractivity contribution in [1.29, 1.82) is 0 Å². The van der Waals surface area contributed by atoms with Crippen molar-refractivity contribution in [3.8, 4) is 0 Å². The van der Waals surface area contributed by atoms with E-state index in [1.165, 1.54) is 0 Å². The summed E-state index contributed by atoms with van der Waals surface area (Å²) in [5, 5.41) is 7.88. The summed E-state index contributed by atoms with van der Waals surface area (Å²) in [6.45, 7) is 6.11. The van der Waals surface area contributed by atoms with Crippen LogP contribution in [0.25, 0.3) is 10.9 Å². The van der Waals surface area contributed by atoms with Crippen LogP contribution in [0.2, 0.25) is 0 Å². The fraction of sp³-hybridized carbons (Fsp3) is 0.368. The standard InChI is InChI=1S/C19H22N4O2/c1-19(2,3)18-22-17(25-23-18)11-5-10-16(24)21-15-9-4-8-14-13(15)7-6-12-20-14/h4,6-9,12H,5,10-11H2,1-3H3,(H,21,24). The third-order valence-electron chi connectivity index (χ3n) is 3.85. The zero-order chi connectivity index (χ0) is 17.9. The van der Waals surface area contributed by atoms with Gasteiger partial charge in [-0.2, -0.15) is 4.98 Å². The predicted molar refractivity (Wildman–Crippen MR) is 96.3 cm³/mol. The number of nitrogens with one attached hydrogen (secondary N) is 1. The first kappa shape index (κ1) is 17.1. The Morgan fingerprint density at radius 1 is 1.20 bits per heavy atom. The highest BCUT2D eigenvalue weighted by molar-refractivity contribution is 6.00. The minimum Gasteiger partial charge on any atom is -0.339 e. The molecule has 1 N–H and O–H groups in total. The molecule has 25 heavy (non-hydrogen) atoms. The van der Waals surface area contributed by atoms with E-state index in [0.717, 1.165) is 16.6 Å². The molecular formula is C19H22N4O2. The van der Waals surface area contributed by atoms with E-state index in [4.69, 9.17) is 4.52 Å².